The Labute approximate surface area is 166 Å². The normalized spacial score (nSPS) is 15.0. The van der Waals surface area contributed by atoms with E-state index in [0.717, 1.165) is 24.2 Å². The van der Waals surface area contributed by atoms with Crippen LogP contribution in [0, 0.1) is 5.92 Å². The first-order chi connectivity index (χ1) is 13.7. The van der Waals surface area contributed by atoms with E-state index in [1.165, 1.54) is 0 Å². The molecular weight excluding hydrogens is 354 g/mol. The molecule has 2 aromatic rings. The Hall–Kier alpha value is -2.86. The van der Waals surface area contributed by atoms with Gasteiger partial charge in [0.05, 0.1) is 30.4 Å². The SMILES string of the molecule is CCOC(=O)C1CCN(CC(=O)NN(c2ccccc2)c2ccccc2)CC1. The molecule has 6 nitrogen and oxygen atoms in total. The van der Waals surface area contributed by atoms with E-state index in [9.17, 15) is 9.59 Å². The monoisotopic (exact) mass is 381 g/mol. The minimum absolute atomic E-state index is 0.0515. The molecule has 0 spiro atoms. The van der Waals surface area contributed by atoms with Gasteiger partial charge in [-0.15, -0.1) is 0 Å². The maximum absolute atomic E-state index is 12.7. The fourth-order valence-corrected chi connectivity index (χ4v) is 3.38. The molecule has 6 heteroatoms. The van der Waals surface area contributed by atoms with E-state index in [2.05, 4.69) is 10.3 Å². The Bertz CT molecular complexity index is 720. The lowest BCUT2D eigenvalue weighted by molar-refractivity contribution is -0.149. The number of esters is 1. The number of carbonyl (C=O) groups excluding carboxylic acids is 2. The molecule has 0 saturated carbocycles. The van der Waals surface area contributed by atoms with Gasteiger partial charge in [-0.2, -0.15) is 0 Å². The quantitative estimate of drug-likeness (QED) is 0.590. The molecule has 1 N–H and O–H groups in total. The lowest BCUT2D eigenvalue weighted by Gasteiger charge is -2.31. The van der Waals surface area contributed by atoms with E-state index >= 15 is 0 Å². The van der Waals surface area contributed by atoms with Crippen LogP contribution >= 0.6 is 0 Å². The number of carbonyl (C=O) groups is 2. The molecule has 1 aliphatic heterocycles. The lowest BCUT2D eigenvalue weighted by atomic mass is 9.97. The largest absolute Gasteiger partial charge is 0.466 e. The van der Waals surface area contributed by atoms with Crippen LogP contribution in [-0.2, 0) is 14.3 Å². The van der Waals surface area contributed by atoms with Crippen molar-refractivity contribution in [3.8, 4) is 0 Å². The Kier molecular flexibility index (Phi) is 7.03. The van der Waals surface area contributed by atoms with Crippen molar-refractivity contribution in [3.63, 3.8) is 0 Å². The minimum atomic E-state index is -0.120. The number of piperidine rings is 1. The number of para-hydroxylation sites is 2. The number of hydrogen-bond donors (Lipinski definition) is 1. The highest BCUT2D eigenvalue weighted by molar-refractivity contribution is 5.82. The van der Waals surface area contributed by atoms with Crippen molar-refractivity contribution in [3.05, 3.63) is 60.7 Å². The molecule has 1 fully saturated rings. The average Bonchev–Trinajstić information content (AvgIpc) is 2.74. The fraction of sp³-hybridized carbons (Fsp3) is 0.364. The summed E-state index contributed by atoms with van der Waals surface area (Å²) < 4.78 is 5.10. The molecule has 1 aliphatic rings. The van der Waals surface area contributed by atoms with Gasteiger partial charge in [0.1, 0.15) is 0 Å². The van der Waals surface area contributed by atoms with Gasteiger partial charge < -0.3 is 4.74 Å². The second kappa shape index (κ2) is 9.90. The van der Waals surface area contributed by atoms with Gasteiger partial charge in [-0.05, 0) is 57.1 Å². The number of likely N-dealkylation sites (tertiary alicyclic amines) is 1. The molecule has 0 atom stereocenters. The molecule has 148 valence electrons. The van der Waals surface area contributed by atoms with Crippen LogP contribution in [-0.4, -0.2) is 43.0 Å². The number of ether oxygens (including phenoxy) is 1. The third-order valence-corrected chi connectivity index (χ3v) is 4.84. The van der Waals surface area contributed by atoms with Crippen LogP contribution < -0.4 is 10.4 Å². The topological polar surface area (TPSA) is 61.9 Å². The summed E-state index contributed by atoms with van der Waals surface area (Å²) in [7, 11) is 0. The van der Waals surface area contributed by atoms with Crippen LogP contribution in [0.25, 0.3) is 0 Å². The van der Waals surface area contributed by atoms with Crippen molar-refractivity contribution in [1.82, 2.24) is 10.3 Å². The molecular formula is C22H27N3O3. The maximum Gasteiger partial charge on any atom is 0.309 e. The van der Waals surface area contributed by atoms with Gasteiger partial charge in [-0.1, -0.05) is 36.4 Å². The predicted molar refractivity (Wildman–Crippen MR) is 109 cm³/mol. The van der Waals surface area contributed by atoms with Gasteiger partial charge in [-0.25, -0.2) is 0 Å². The molecule has 0 aliphatic carbocycles. The highest BCUT2D eigenvalue weighted by Crippen LogP contribution is 2.23. The number of anilines is 2. The van der Waals surface area contributed by atoms with Crippen molar-refractivity contribution >= 4 is 23.3 Å². The van der Waals surface area contributed by atoms with E-state index in [0.29, 0.717) is 26.2 Å². The average molecular weight is 381 g/mol. The first-order valence-corrected chi connectivity index (χ1v) is 9.76. The zero-order chi connectivity index (χ0) is 19.8. The molecule has 1 heterocycles. The number of nitrogens with zero attached hydrogens (tertiary/aromatic N) is 2. The Balaban J connectivity index is 1.59. The number of hydrogen-bond acceptors (Lipinski definition) is 5. The molecule has 0 bridgehead atoms. The lowest BCUT2D eigenvalue weighted by Crippen LogP contribution is -2.47. The molecule has 0 aromatic heterocycles. The summed E-state index contributed by atoms with van der Waals surface area (Å²) in [4.78, 5) is 26.6. The number of rotatable bonds is 7. The van der Waals surface area contributed by atoms with Crippen molar-refractivity contribution in [1.29, 1.82) is 0 Å². The number of hydrazine groups is 1. The number of amides is 1. The van der Waals surface area contributed by atoms with Crippen LogP contribution in [0.3, 0.4) is 0 Å². The third-order valence-electron chi connectivity index (χ3n) is 4.84. The molecule has 1 saturated heterocycles. The van der Waals surface area contributed by atoms with Crippen LogP contribution in [0.15, 0.2) is 60.7 Å². The van der Waals surface area contributed by atoms with E-state index in [-0.39, 0.29) is 17.8 Å². The van der Waals surface area contributed by atoms with E-state index in [4.69, 9.17) is 4.74 Å². The second-order valence-corrected chi connectivity index (χ2v) is 6.84. The summed E-state index contributed by atoms with van der Waals surface area (Å²) in [5.74, 6) is -0.252. The number of nitrogens with one attached hydrogen (secondary N) is 1. The molecule has 1 amide bonds. The molecule has 3 rings (SSSR count). The van der Waals surface area contributed by atoms with Gasteiger partial charge in [0, 0.05) is 0 Å². The van der Waals surface area contributed by atoms with Crippen LogP contribution in [0.4, 0.5) is 11.4 Å². The Morgan fingerprint density at radius 3 is 2.04 bits per heavy atom. The zero-order valence-corrected chi connectivity index (χ0v) is 16.2. The van der Waals surface area contributed by atoms with Crippen LogP contribution in [0.1, 0.15) is 19.8 Å². The fourth-order valence-electron chi connectivity index (χ4n) is 3.38. The smallest absolute Gasteiger partial charge is 0.309 e. The summed E-state index contributed by atoms with van der Waals surface area (Å²) in [5, 5.41) is 1.80. The van der Waals surface area contributed by atoms with Crippen molar-refractivity contribution in [2.45, 2.75) is 19.8 Å². The van der Waals surface area contributed by atoms with Crippen molar-refractivity contribution < 1.29 is 14.3 Å². The van der Waals surface area contributed by atoms with Gasteiger partial charge in [0.15, 0.2) is 0 Å². The van der Waals surface area contributed by atoms with Gasteiger partial charge >= 0.3 is 5.97 Å². The van der Waals surface area contributed by atoms with Crippen LogP contribution in [0.2, 0.25) is 0 Å². The summed E-state index contributed by atoms with van der Waals surface area (Å²) in [6.45, 7) is 3.96. The maximum atomic E-state index is 12.7. The van der Waals surface area contributed by atoms with Crippen molar-refractivity contribution in [2.75, 3.05) is 31.3 Å². The highest BCUT2D eigenvalue weighted by Gasteiger charge is 2.27. The predicted octanol–water partition coefficient (Wildman–Crippen LogP) is 3.13. The summed E-state index contributed by atoms with van der Waals surface area (Å²) in [6.07, 6.45) is 1.46. The van der Waals surface area contributed by atoms with E-state index in [1.807, 2.05) is 67.6 Å². The first kappa shape index (κ1) is 19.9. The zero-order valence-electron chi connectivity index (χ0n) is 16.2. The van der Waals surface area contributed by atoms with Crippen LogP contribution in [0.5, 0.6) is 0 Å². The molecule has 0 unspecified atom stereocenters. The Morgan fingerprint density at radius 1 is 1.00 bits per heavy atom. The van der Waals surface area contributed by atoms with Gasteiger partial charge in [0.2, 0.25) is 0 Å². The Morgan fingerprint density at radius 2 is 1.54 bits per heavy atom. The summed E-state index contributed by atoms with van der Waals surface area (Å²) >= 11 is 0. The van der Waals surface area contributed by atoms with E-state index < -0.39 is 0 Å². The summed E-state index contributed by atoms with van der Waals surface area (Å²) in [5.41, 5.74) is 4.80. The summed E-state index contributed by atoms with van der Waals surface area (Å²) in [6, 6.07) is 19.5. The minimum Gasteiger partial charge on any atom is -0.466 e. The van der Waals surface area contributed by atoms with Gasteiger partial charge in [0.25, 0.3) is 5.91 Å². The highest BCUT2D eigenvalue weighted by atomic mass is 16.5. The van der Waals surface area contributed by atoms with Gasteiger partial charge in [-0.3, -0.25) is 24.9 Å². The molecule has 0 radical (unpaired) electrons. The number of benzene rings is 2. The molecule has 28 heavy (non-hydrogen) atoms. The second-order valence-electron chi connectivity index (χ2n) is 6.84. The molecule has 2 aromatic carbocycles. The third kappa shape index (κ3) is 5.33. The standard InChI is InChI=1S/C22H27N3O3/c1-2-28-22(27)18-13-15-24(16-14-18)17-21(26)23-25(19-9-5-3-6-10-19)20-11-7-4-8-12-20/h3-12,18H,2,13-17H2,1H3,(H,23,26). The first-order valence-electron chi connectivity index (χ1n) is 9.76. The van der Waals surface area contributed by atoms with Crippen molar-refractivity contribution in [2.24, 2.45) is 5.92 Å². The van der Waals surface area contributed by atoms with E-state index in [1.54, 1.807) is 5.01 Å².